The number of hydrogen-bond acceptors (Lipinski definition) is 6. The van der Waals surface area contributed by atoms with E-state index in [1.54, 1.807) is 19.9 Å². The number of nitrogens with zero attached hydrogens (tertiary/aromatic N) is 2. The van der Waals surface area contributed by atoms with Gasteiger partial charge in [0.2, 0.25) is 15.9 Å². The maximum absolute atomic E-state index is 12.6. The van der Waals surface area contributed by atoms with E-state index in [1.807, 2.05) is 0 Å². The molecule has 1 aliphatic rings. The third kappa shape index (κ3) is 6.53. The highest BCUT2D eigenvalue weighted by Crippen LogP contribution is 2.19. The van der Waals surface area contributed by atoms with Gasteiger partial charge in [0.15, 0.2) is 6.61 Å². The van der Waals surface area contributed by atoms with Crippen LogP contribution in [0.1, 0.15) is 39.5 Å². The highest BCUT2D eigenvalue weighted by Gasteiger charge is 2.22. The maximum Gasteiger partial charge on any atom is 0.326 e. The van der Waals surface area contributed by atoms with E-state index >= 15 is 0 Å². The number of benzene rings is 1. The van der Waals surface area contributed by atoms with Gasteiger partial charge < -0.3 is 15.0 Å². The summed E-state index contributed by atoms with van der Waals surface area (Å²) in [6.45, 7) is 3.99. The molecule has 0 unspecified atom stereocenters. The van der Waals surface area contributed by atoms with Crippen LogP contribution >= 0.6 is 0 Å². The Labute approximate surface area is 177 Å². The summed E-state index contributed by atoms with van der Waals surface area (Å²) in [4.78, 5) is 37.5. The summed E-state index contributed by atoms with van der Waals surface area (Å²) in [6, 6.07) is 5.91. The van der Waals surface area contributed by atoms with Crippen molar-refractivity contribution in [2.45, 2.75) is 44.4 Å². The van der Waals surface area contributed by atoms with Gasteiger partial charge >= 0.3 is 5.97 Å². The Bertz CT molecular complexity index is 867. The van der Waals surface area contributed by atoms with Gasteiger partial charge in [-0.15, -0.1) is 0 Å². The first-order chi connectivity index (χ1) is 14.3. The number of rotatable bonds is 9. The van der Waals surface area contributed by atoms with Crippen molar-refractivity contribution in [1.82, 2.24) is 9.21 Å². The number of nitrogens with one attached hydrogen (secondary N) is 1. The fourth-order valence-corrected chi connectivity index (χ4v) is 4.70. The number of carbonyl (C=O) groups excluding carboxylic acids is 3. The Hall–Kier alpha value is -2.46. The minimum Gasteiger partial charge on any atom is -0.454 e. The molecule has 2 rings (SSSR count). The van der Waals surface area contributed by atoms with Crippen LogP contribution in [-0.2, 0) is 29.1 Å². The maximum atomic E-state index is 12.6. The molecular formula is C20H29N3O6S. The van der Waals surface area contributed by atoms with E-state index in [-0.39, 0.29) is 23.0 Å². The topological polar surface area (TPSA) is 113 Å². The molecule has 0 saturated carbocycles. The van der Waals surface area contributed by atoms with Gasteiger partial charge in [-0.05, 0) is 31.0 Å². The quantitative estimate of drug-likeness (QED) is 0.585. The average Bonchev–Trinajstić information content (AvgIpc) is 2.91. The molecule has 30 heavy (non-hydrogen) atoms. The third-order valence-corrected chi connectivity index (χ3v) is 6.86. The lowest BCUT2D eigenvalue weighted by atomic mass is 10.2. The van der Waals surface area contributed by atoms with Crippen LogP contribution in [0.25, 0.3) is 0 Å². The van der Waals surface area contributed by atoms with Gasteiger partial charge in [0.25, 0.3) is 5.91 Å². The minimum absolute atomic E-state index is 0.0701. The molecule has 1 saturated heterocycles. The molecule has 2 amide bonds. The number of amides is 2. The van der Waals surface area contributed by atoms with Crippen LogP contribution in [0.15, 0.2) is 29.2 Å². The van der Waals surface area contributed by atoms with E-state index in [0.717, 1.165) is 19.3 Å². The van der Waals surface area contributed by atoms with Crippen LogP contribution in [0, 0.1) is 0 Å². The highest BCUT2D eigenvalue weighted by atomic mass is 32.2. The number of sulfonamides is 1. The molecule has 9 nitrogen and oxygen atoms in total. The summed E-state index contributed by atoms with van der Waals surface area (Å²) in [5, 5.41) is 2.53. The average molecular weight is 440 g/mol. The summed E-state index contributed by atoms with van der Waals surface area (Å²) in [5.41, 5.74) is 0.284. The first-order valence-corrected chi connectivity index (χ1v) is 11.6. The largest absolute Gasteiger partial charge is 0.454 e. The van der Waals surface area contributed by atoms with E-state index in [9.17, 15) is 22.8 Å². The van der Waals surface area contributed by atoms with Gasteiger partial charge in [0.1, 0.15) is 6.54 Å². The van der Waals surface area contributed by atoms with Crippen molar-refractivity contribution in [2.75, 3.05) is 38.1 Å². The monoisotopic (exact) mass is 439 g/mol. The second-order valence-electron chi connectivity index (χ2n) is 6.95. The Morgan fingerprint density at radius 1 is 1.17 bits per heavy atom. The van der Waals surface area contributed by atoms with Crippen molar-refractivity contribution >= 4 is 33.5 Å². The first-order valence-electron chi connectivity index (χ1n) is 10.1. The lowest BCUT2D eigenvalue weighted by molar-refractivity contribution is -0.151. The molecule has 1 aromatic rings. The molecule has 0 spiro atoms. The molecular weight excluding hydrogens is 410 g/mol. The number of likely N-dealkylation sites (tertiary alicyclic amines) is 1. The van der Waals surface area contributed by atoms with E-state index in [1.165, 1.54) is 27.4 Å². The van der Waals surface area contributed by atoms with Gasteiger partial charge in [-0.25, -0.2) is 8.42 Å². The van der Waals surface area contributed by atoms with Crippen LogP contribution in [-0.4, -0.2) is 68.2 Å². The molecule has 1 fully saturated rings. The molecule has 1 aliphatic heterocycles. The summed E-state index contributed by atoms with van der Waals surface area (Å²) >= 11 is 0. The van der Waals surface area contributed by atoms with Gasteiger partial charge in [-0.3, -0.25) is 14.4 Å². The zero-order valence-corrected chi connectivity index (χ0v) is 18.2. The molecule has 10 heteroatoms. The first kappa shape index (κ1) is 23.8. The predicted molar refractivity (Wildman–Crippen MR) is 111 cm³/mol. The molecule has 1 heterocycles. The van der Waals surface area contributed by atoms with Crippen molar-refractivity contribution in [3.05, 3.63) is 24.3 Å². The third-order valence-electron chi connectivity index (χ3n) is 4.82. The van der Waals surface area contributed by atoms with Gasteiger partial charge in [-0.2, -0.15) is 4.31 Å². The predicted octanol–water partition coefficient (Wildman–Crippen LogP) is 1.60. The zero-order valence-electron chi connectivity index (χ0n) is 17.4. The van der Waals surface area contributed by atoms with Crippen molar-refractivity contribution in [3.8, 4) is 0 Å². The summed E-state index contributed by atoms with van der Waals surface area (Å²) in [6.07, 6.45) is 3.02. The Balaban J connectivity index is 1.90. The second-order valence-corrected chi connectivity index (χ2v) is 8.89. The van der Waals surface area contributed by atoms with Crippen LogP contribution in [0.3, 0.4) is 0 Å². The van der Waals surface area contributed by atoms with Crippen molar-refractivity contribution in [1.29, 1.82) is 0 Å². The molecule has 0 aromatic heterocycles. The van der Waals surface area contributed by atoms with Crippen LogP contribution in [0.2, 0.25) is 0 Å². The van der Waals surface area contributed by atoms with E-state index in [2.05, 4.69) is 5.32 Å². The Kier molecular flexibility index (Phi) is 8.79. The van der Waals surface area contributed by atoms with Crippen molar-refractivity contribution in [3.63, 3.8) is 0 Å². The van der Waals surface area contributed by atoms with E-state index in [0.29, 0.717) is 26.1 Å². The zero-order chi connectivity index (χ0) is 22.1. The Morgan fingerprint density at radius 3 is 2.60 bits per heavy atom. The molecule has 1 aromatic carbocycles. The molecule has 166 valence electrons. The summed E-state index contributed by atoms with van der Waals surface area (Å²) < 4.78 is 31.5. The Morgan fingerprint density at radius 2 is 1.90 bits per heavy atom. The standard InChI is InChI=1S/C20H29N3O6S/c1-3-23(4-2)30(27,28)17-10-8-9-16(13-17)21-18(24)15-29-20(26)14-22-12-7-5-6-11-19(22)25/h8-10,13H,3-7,11-12,14-15H2,1-2H3,(H,21,24). The minimum atomic E-state index is -3.65. The number of hydrogen-bond donors (Lipinski definition) is 1. The second kappa shape index (κ2) is 11.1. The number of ether oxygens (including phenoxy) is 1. The molecule has 0 bridgehead atoms. The summed E-state index contributed by atoms with van der Waals surface area (Å²) in [7, 11) is -3.65. The highest BCUT2D eigenvalue weighted by molar-refractivity contribution is 7.89. The lowest BCUT2D eigenvalue weighted by Gasteiger charge is -2.19. The smallest absolute Gasteiger partial charge is 0.326 e. The van der Waals surface area contributed by atoms with Crippen LogP contribution in [0.4, 0.5) is 5.69 Å². The van der Waals surface area contributed by atoms with E-state index in [4.69, 9.17) is 4.74 Å². The number of carbonyl (C=O) groups is 3. The van der Waals surface area contributed by atoms with Crippen molar-refractivity contribution in [2.24, 2.45) is 0 Å². The normalized spacial score (nSPS) is 15.0. The fourth-order valence-electron chi connectivity index (χ4n) is 3.20. The number of anilines is 1. The van der Waals surface area contributed by atoms with Crippen molar-refractivity contribution < 1.29 is 27.5 Å². The fraction of sp³-hybridized carbons (Fsp3) is 0.550. The molecule has 0 radical (unpaired) electrons. The van der Waals surface area contributed by atoms with Gasteiger partial charge in [0, 0.05) is 31.7 Å². The van der Waals surface area contributed by atoms with Gasteiger partial charge in [0.05, 0.1) is 4.90 Å². The number of esters is 1. The summed E-state index contributed by atoms with van der Waals surface area (Å²) in [5.74, 6) is -1.33. The molecule has 0 atom stereocenters. The SMILES string of the molecule is CCN(CC)S(=O)(=O)c1cccc(NC(=O)COC(=O)CN2CCCCCC2=O)c1. The lowest BCUT2D eigenvalue weighted by Crippen LogP contribution is -2.36. The van der Waals surface area contributed by atoms with E-state index < -0.39 is 28.5 Å². The van der Waals surface area contributed by atoms with Crippen LogP contribution in [0.5, 0.6) is 0 Å². The molecule has 1 N–H and O–H groups in total. The van der Waals surface area contributed by atoms with Crippen LogP contribution < -0.4 is 5.32 Å². The molecule has 0 aliphatic carbocycles. The van der Waals surface area contributed by atoms with Gasteiger partial charge in [-0.1, -0.05) is 26.3 Å².